The molecule has 27 heavy (non-hydrogen) atoms. The monoisotopic (exact) mass is 415 g/mol. The van der Waals surface area contributed by atoms with Crippen molar-refractivity contribution in [3.8, 4) is 11.3 Å². The third-order valence-corrected chi connectivity index (χ3v) is 6.55. The molecule has 1 unspecified atom stereocenters. The highest BCUT2D eigenvalue weighted by Crippen LogP contribution is 2.43. The summed E-state index contributed by atoms with van der Waals surface area (Å²) >= 11 is 8.46. The first-order valence-corrected chi connectivity index (χ1v) is 10.2. The Morgan fingerprint density at radius 2 is 1.93 bits per heavy atom. The van der Waals surface area contributed by atoms with Crippen molar-refractivity contribution in [3.63, 3.8) is 0 Å². The zero-order chi connectivity index (χ0) is 19.0. The molecule has 0 spiro atoms. The first-order valence-electron chi connectivity index (χ1n) is 8.08. The fraction of sp³-hybridized carbons (Fsp3) is 0.105. The van der Waals surface area contributed by atoms with E-state index in [0.29, 0.717) is 10.2 Å². The van der Waals surface area contributed by atoms with E-state index in [-0.39, 0.29) is 5.91 Å². The molecule has 1 atom stereocenters. The van der Waals surface area contributed by atoms with Crippen molar-refractivity contribution in [2.24, 2.45) is 0 Å². The number of nitrogens with zero attached hydrogens (tertiary/aromatic N) is 1. The van der Waals surface area contributed by atoms with Gasteiger partial charge in [0.15, 0.2) is 9.88 Å². The Bertz CT molecular complexity index is 1040. The standard InChI is InChI=1S/C19H14ClN3O2S2/c1-19(16(24)21-13-4-2-3-5-15(13)27-19)17(25)23-18-22-14(10-26-18)11-6-8-12(20)9-7-11/h2-10H,1H3,(H,21,24)(H,22,23,25). The summed E-state index contributed by atoms with van der Waals surface area (Å²) in [5.41, 5.74) is 2.36. The number of halogens is 1. The highest BCUT2D eigenvalue weighted by molar-refractivity contribution is 8.02. The molecule has 2 N–H and O–H groups in total. The van der Waals surface area contributed by atoms with Gasteiger partial charge in [-0.1, -0.05) is 47.6 Å². The summed E-state index contributed by atoms with van der Waals surface area (Å²) in [4.78, 5) is 30.7. The molecule has 0 aliphatic carbocycles. The van der Waals surface area contributed by atoms with Gasteiger partial charge < -0.3 is 10.6 Å². The molecule has 0 saturated carbocycles. The lowest BCUT2D eigenvalue weighted by Gasteiger charge is -2.31. The Kier molecular flexibility index (Phi) is 4.67. The largest absolute Gasteiger partial charge is 0.323 e. The number of benzene rings is 2. The van der Waals surface area contributed by atoms with Gasteiger partial charge in [0.2, 0.25) is 5.91 Å². The predicted molar refractivity (Wildman–Crippen MR) is 111 cm³/mol. The molecule has 1 aliphatic rings. The molecule has 0 radical (unpaired) electrons. The summed E-state index contributed by atoms with van der Waals surface area (Å²) in [6.45, 7) is 1.62. The zero-order valence-electron chi connectivity index (χ0n) is 14.2. The molecular formula is C19H14ClN3O2S2. The Morgan fingerprint density at radius 3 is 2.70 bits per heavy atom. The molecule has 1 aliphatic heterocycles. The van der Waals surface area contributed by atoms with Gasteiger partial charge in [0.1, 0.15) is 0 Å². The van der Waals surface area contributed by atoms with Gasteiger partial charge in [-0.2, -0.15) is 0 Å². The van der Waals surface area contributed by atoms with E-state index in [0.717, 1.165) is 21.8 Å². The van der Waals surface area contributed by atoms with Crippen LogP contribution in [0.2, 0.25) is 5.02 Å². The van der Waals surface area contributed by atoms with Crippen molar-refractivity contribution in [3.05, 3.63) is 58.9 Å². The normalized spacial score (nSPS) is 18.5. The highest BCUT2D eigenvalue weighted by atomic mass is 35.5. The average Bonchev–Trinajstić information content (AvgIpc) is 3.11. The molecule has 5 nitrogen and oxygen atoms in total. The van der Waals surface area contributed by atoms with Crippen LogP contribution in [0.3, 0.4) is 0 Å². The van der Waals surface area contributed by atoms with Gasteiger partial charge >= 0.3 is 0 Å². The van der Waals surface area contributed by atoms with Crippen molar-refractivity contribution in [2.75, 3.05) is 10.6 Å². The van der Waals surface area contributed by atoms with E-state index in [2.05, 4.69) is 15.6 Å². The van der Waals surface area contributed by atoms with Crippen LogP contribution in [0.5, 0.6) is 0 Å². The summed E-state index contributed by atoms with van der Waals surface area (Å²) < 4.78 is -1.28. The maximum atomic E-state index is 12.9. The minimum atomic E-state index is -1.28. The van der Waals surface area contributed by atoms with E-state index in [4.69, 9.17) is 11.6 Å². The van der Waals surface area contributed by atoms with Crippen LogP contribution in [-0.2, 0) is 9.59 Å². The van der Waals surface area contributed by atoms with E-state index in [1.165, 1.54) is 23.1 Å². The van der Waals surface area contributed by atoms with Crippen LogP contribution in [0.15, 0.2) is 58.8 Å². The van der Waals surface area contributed by atoms with Crippen molar-refractivity contribution in [1.29, 1.82) is 0 Å². The van der Waals surface area contributed by atoms with Crippen LogP contribution in [0.1, 0.15) is 6.92 Å². The summed E-state index contributed by atoms with van der Waals surface area (Å²) in [5.74, 6) is -0.755. The number of thiazole rings is 1. The molecule has 1 aromatic heterocycles. The number of aromatic nitrogens is 1. The van der Waals surface area contributed by atoms with E-state index in [9.17, 15) is 9.59 Å². The quantitative estimate of drug-likeness (QED) is 0.596. The van der Waals surface area contributed by atoms with Crippen molar-refractivity contribution < 1.29 is 9.59 Å². The molecule has 0 fully saturated rings. The number of anilines is 2. The number of thioether (sulfide) groups is 1. The Morgan fingerprint density at radius 1 is 1.19 bits per heavy atom. The van der Waals surface area contributed by atoms with Crippen LogP contribution in [0.25, 0.3) is 11.3 Å². The first kappa shape index (κ1) is 18.0. The van der Waals surface area contributed by atoms with Gasteiger partial charge in [-0.25, -0.2) is 4.98 Å². The number of hydrogen-bond donors (Lipinski definition) is 2. The summed E-state index contributed by atoms with van der Waals surface area (Å²) in [6.07, 6.45) is 0. The third-order valence-electron chi connectivity index (χ3n) is 4.18. The smallest absolute Gasteiger partial charge is 0.252 e. The lowest BCUT2D eigenvalue weighted by Crippen LogP contribution is -2.49. The van der Waals surface area contributed by atoms with Crippen LogP contribution in [0.4, 0.5) is 10.8 Å². The molecule has 3 aromatic rings. The maximum Gasteiger partial charge on any atom is 0.252 e. The number of carbonyl (C=O) groups is 2. The van der Waals surface area contributed by atoms with E-state index in [1.807, 2.05) is 41.8 Å². The third kappa shape index (κ3) is 3.45. The van der Waals surface area contributed by atoms with Crippen LogP contribution >= 0.6 is 34.7 Å². The topological polar surface area (TPSA) is 71.1 Å². The number of carbonyl (C=O) groups excluding carboxylic acids is 2. The number of fused-ring (bicyclic) bond motifs is 1. The molecule has 0 saturated heterocycles. The molecule has 0 bridgehead atoms. The van der Waals surface area contributed by atoms with Gasteiger partial charge in [0, 0.05) is 20.9 Å². The second-order valence-electron chi connectivity index (χ2n) is 6.08. The van der Waals surface area contributed by atoms with Crippen molar-refractivity contribution in [1.82, 2.24) is 4.98 Å². The molecule has 2 amide bonds. The molecule has 8 heteroatoms. The van der Waals surface area contributed by atoms with Crippen LogP contribution < -0.4 is 10.6 Å². The number of amides is 2. The van der Waals surface area contributed by atoms with E-state index in [1.54, 1.807) is 19.1 Å². The fourth-order valence-electron chi connectivity index (χ4n) is 2.62. The predicted octanol–water partition coefficient (Wildman–Crippen LogP) is 4.91. The first-order chi connectivity index (χ1) is 13.0. The fourth-order valence-corrected chi connectivity index (χ4v) is 4.56. The molecule has 2 heterocycles. The number of hydrogen-bond acceptors (Lipinski definition) is 5. The summed E-state index contributed by atoms with van der Waals surface area (Å²) in [7, 11) is 0. The maximum absolute atomic E-state index is 12.9. The van der Waals surface area contributed by atoms with Gasteiger partial charge in [-0.15, -0.1) is 11.3 Å². The Balaban J connectivity index is 1.54. The summed E-state index contributed by atoms with van der Waals surface area (Å²) in [5, 5.41) is 8.52. The minimum Gasteiger partial charge on any atom is -0.323 e. The summed E-state index contributed by atoms with van der Waals surface area (Å²) in [6, 6.07) is 14.7. The Labute approximate surface area is 169 Å². The number of nitrogens with one attached hydrogen (secondary N) is 2. The average molecular weight is 416 g/mol. The lowest BCUT2D eigenvalue weighted by atomic mass is 10.1. The van der Waals surface area contributed by atoms with Gasteiger partial charge in [0.25, 0.3) is 5.91 Å². The second kappa shape index (κ2) is 6.99. The number of para-hydroxylation sites is 1. The molecule has 4 rings (SSSR count). The van der Waals surface area contributed by atoms with Gasteiger partial charge in [-0.05, 0) is 31.2 Å². The molecular weight excluding hydrogens is 402 g/mol. The Hall–Kier alpha value is -2.35. The lowest BCUT2D eigenvalue weighted by molar-refractivity contribution is -0.126. The highest BCUT2D eigenvalue weighted by Gasteiger charge is 2.46. The van der Waals surface area contributed by atoms with E-state index < -0.39 is 10.7 Å². The van der Waals surface area contributed by atoms with Crippen LogP contribution in [0, 0.1) is 0 Å². The van der Waals surface area contributed by atoms with Gasteiger partial charge in [-0.3, -0.25) is 9.59 Å². The van der Waals surface area contributed by atoms with Gasteiger partial charge in [0.05, 0.1) is 11.4 Å². The zero-order valence-corrected chi connectivity index (χ0v) is 16.5. The molecule has 136 valence electrons. The second-order valence-corrected chi connectivity index (χ2v) is 8.84. The van der Waals surface area contributed by atoms with Crippen LogP contribution in [-0.4, -0.2) is 21.5 Å². The van der Waals surface area contributed by atoms with Crippen molar-refractivity contribution >= 4 is 57.3 Å². The minimum absolute atomic E-state index is 0.349. The molecule has 2 aromatic carbocycles. The number of rotatable bonds is 3. The SMILES string of the molecule is CC1(C(=O)Nc2nc(-c3ccc(Cl)cc3)cs2)Sc2ccccc2NC1=O. The van der Waals surface area contributed by atoms with E-state index >= 15 is 0 Å². The van der Waals surface area contributed by atoms with Crippen molar-refractivity contribution in [2.45, 2.75) is 16.6 Å².